The summed E-state index contributed by atoms with van der Waals surface area (Å²) in [5, 5.41) is 4.37. The van der Waals surface area contributed by atoms with Crippen LogP contribution in [0.3, 0.4) is 0 Å². The second-order valence-electron chi connectivity index (χ2n) is 3.43. The van der Waals surface area contributed by atoms with Gasteiger partial charge in [-0.3, -0.25) is 4.68 Å². The molecule has 1 atom stereocenters. The molecule has 0 aliphatic rings. The Bertz CT molecular complexity index is 265. The highest BCUT2D eigenvalue weighted by atomic mass is 15.3. The van der Waals surface area contributed by atoms with Crippen LogP contribution in [0.15, 0.2) is 6.07 Å². The summed E-state index contributed by atoms with van der Waals surface area (Å²) in [5.74, 6) is 0. The molecule has 0 radical (unpaired) electrons. The molecule has 0 saturated heterocycles. The summed E-state index contributed by atoms with van der Waals surface area (Å²) in [5.41, 5.74) is 8.29. The molecule has 1 heterocycles. The van der Waals surface area contributed by atoms with E-state index >= 15 is 0 Å². The third-order valence-electron chi connectivity index (χ3n) is 2.31. The van der Waals surface area contributed by atoms with Crippen molar-refractivity contribution < 1.29 is 0 Å². The second kappa shape index (κ2) is 4.42. The second-order valence-corrected chi connectivity index (χ2v) is 3.43. The van der Waals surface area contributed by atoms with Crippen molar-refractivity contribution in [3.05, 3.63) is 17.5 Å². The molecule has 3 heteroatoms. The van der Waals surface area contributed by atoms with Gasteiger partial charge >= 0.3 is 0 Å². The van der Waals surface area contributed by atoms with Gasteiger partial charge in [0.15, 0.2) is 0 Å². The van der Waals surface area contributed by atoms with Crippen LogP contribution in [0.2, 0.25) is 0 Å². The SMILES string of the molecule is CCCC(N)c1cc(CC)nn1C. The van der Waals surface area contributed by atoms with Crippen LogP contribution < -0.4 is 5.73 Å². The lowest BCUT2D eigenvalue weighted by molar-refractivity contribution is 0.573. The van der Waals surface area contributed by atoms with Crippen molar-refractivity contribution in [2.45, 2.75) is 39.2 Å². The van der Waals surface area contributed by atoms with Crippen LogP contribution in [-0.4, -0.2) is 9.78 Å². The minimum atomic E-state index is 0.141. The summed E-state index contributed by atoms with van der Waals surface area (Å²) in [6, 6.07) is 2.25. The standard InChI is InChI=1S/C10H19N3/c1-4-6-9(11)10-7-8(5-2)12-13(10)3/h7,9H,4-6,11H2,1-3H3. The summed E-state index contributed by atoms with van der Waals surface area (Å²) < 4.78 is 1.90. The van der Waals surface area contributed by atoms with Gasteiger partial charge in [0.25, 0.3) is 0 Å². The Morgan fingerprint density at radius 1 is 1.54 bits per heavy atom. The summed E-state index contributed by atoms with van der Waals surface area (Å²) in [6.07, 6.45) is 3.13. The van der Waals surface area contributed by atoms with Crippen molar-refractivity contribution in [2.24, 2.45) is 12.8 Å². The summed E-state index contributed by atoms with van der Waals surface area (Å²) >= 11 is 0. The van der Waals surface area contributed by atoms with E-state index in [1.165, 1.54) is 0 Å². The molecule has 0 spiro atoms. The van der Waals surface area contributed by atoms with Crippen LogP contribution in [0.5, 0.6) is 0 Å². The molecular formula is C10H19N3. The molecule has 0 aliphatic carbocycles. The Morgan fingerprint density at radius 2 is 2.23 bits per heavy atom. The van der Waals surface area contributed by atoms with Crippen molar-refractivity contribution in [3.8, 4) is 0 Å². The first-order valence-corrected chi connectivity index (χ1v) is 4.97. The maximum atomic E-state index is 6.01. The maximum Gasteiger partial charge on any atom is 0.0625 e. The van der Waals surface area contributed by atoms with Crippen molar-refractivity contribution in [1.29, 1.82) is 0 Å². The molecule has 74 valence electrons. The number of aryl methyl sites for hydroxylation is 2. The molecule has 0 fully saturated rings. The Labute approximate surface area is 79.9 Å². The zero-order valence-corrected chi connectivity index (χ0v) is 8.75. The smallest absolute Gasteiger partial charge is 0.0625 e. The van der Waals surface area contributed by atoms with Crippen molar-refractivity contribution in [3.63, 3.8) is 0 Å². The predicted molar refractivity (Wildman–Crippen MR) is 54.4 cm³/mol. The van der Waals surface area contributed by atoms with Crippen LogP contribution in [0.1, 0.15) is 44.1 Å². The van der Waals surface area contributed by atoms with E-state index < -0.39 is 0 Å². The Morgan fingerprint density at radius 3 is 2.69 bits per heavy atom. The van der Waals surface area contributed by atoms with E-state index in [0.717, 1.165) is 30.7 Å². The summed E-state index contributed by atoms with van der Waals surface area (Å²) in [7, 11) is 1.96. The van der Waals surface area contributed by atoms with Gasteiger partial charge in [-0.2, -0.15) is 5.10 Å². The minimum absolute atomic E-state index is 0.141. The van der Waals surface area contributed by atoms with Gasteiger partial charge in [0.05, 0.1) is 11.4 Å². The first kappa shape index (κ1) is 10.3. The quantitative estimate of drug-likeness (QED) is 0.769. The normalized spacial score (nSPS) is 13.2. The van der Waals surface area contributed by atoms with Crippen molar-refractivity contribution >= 4 is 0 Å². The third kappa shape index (κ3) is 2.31. The van der Waals surface area contributed by atoms with Crippen LogP contribution in [0.25, 0.3) is 0 Å². The van der Waals surface area contributed by atoms with E-state index in [2.05, 4.69) is 25.0 Å². The van der Waals surface area contributed by atoms with Gasteiger partial charge in [-0.15, -0.1) is 0 Å². The summed E-state index contributed by atoms with van der Waals surface area (Å²) in [6.45, 7) is 4.26. The monoisotopic (exact) mass is 181 g/mol. The molecule has 1 aromatic rings. The molecule has 0 aliphatic heterocycles. The molecule has 0 amide bonds. The summed E-state index contributed by atoms with van der Waals surface area (Å²) in [4.78, 5) is 0. The molecular weight excluding hydrogens is 162 g/mol. The molecule has 3 nitrogen and oxygen atoms in total. The molecule has 0 bridgehead atoms. The molecule has 1 rings (SSSR count). The molecule has 2 N–H and O–H groups in total. The Hall–Kier alpha value is -0.830. The molecule has 0 aromatic carbocycles. The minimum Gasteiger partial charge on any atom is -0.323 e. The zero-order chi connectivity index (χ0) is 9.84. The fourth-order valence-electron chi connectivity index (χ4n) is 1.52. The highest BCUT2D eigenvalue weighted by molar-refractivity contribution is 5.13. The van der Waals surface area contributed by atoms with Crippen LogP contribution >= 0.6 is 0 Å². The first-order valence-electron chi connectivity index (χ1n) is 4.97. The van der Waals surface area contributed by atoms with E-state index in [1.54, 1.807) is 0 Å². The fourth-order valence-corrected chi connectivity index (χ4v) is 1.52. The van der Waals surface area contributed by atoms with E-state index in [1.807, 2.05) is 11.7 Å². The predicted octanol–water partition coefficient (Wildman–Crippen LogP) is 1.78. The van der Waals surface area contributed by atoms with E-state index in [4.69, 9.17) is 5.73 Å². The average Bonchev–Trinajstić information content (AvgIpc) is 2.47. The van der Waals surface area contributed by atoms with Crippen LogP contribution in [-0.2, 0) is 13.5 Å². The Kier molecular flexibility index (Phi) is 3.48. The fraction of sp³-hybridized carbons (Fsp3) is 0.700. The van der Waals surface area contributed by atoms with Crippen molar-refractivity contribution in [2.75, 3.05) is 0 Å². The van der Waals surface area contributed by atoms with E-state index in [0.29, 0.717) is 0 Å². The van der Waals surface area contributed by atoms with Gasteiger partial charge in [-0.05, 0) is 18.9 Å². The van der Waals surface area contributed by atoms with Crippen LogP contribution in [0, 0.1) is 0 Å². The van der Waals surface area contributed by atoms with Gasteiger partial charge in [0.1, 0.15) is 0 Å². The highest BCUT2D eigenvalue weighted by Gasteiger charge is 2.10. The first-order chi connectivity index (χ1) is 6.19. The van der Waals surface area contributed by atoms with E-state index in [9.17, 15) is 0 Å². The number of hydrogen-bond donors (Lipinski definition) is 1. The zero-order valence-electron chi connectivity index (χ0n) is 8.75. The maximum absolute atomic E-state index is 6.01. The average molecular weight is 181 g/mol. The molecule has 1 aromatic heterocycles. The lowest BCUT2D eigenvalue weighted by Gasteiger charge is -2.09. The largest absolute Gasteiger partial charge is 0.323 e. The number of rotatable bonds is 4. The van der Waals surface area contributed by atoms with Gasteiger partial charge in [-0.1, -0.05) is 20.3 Å². The molecule has 1 unspecified atom stereocenters. The van der Waals surface area contributed by atoms with E-state index in [-0.39, 0.29) is 6.04 Å². The lowest BCUT2D eigenvalue weighted by Crippen LogP contribution is -2.14. The van der Waals surface area contributed by atoms with Gasteiger partial charge in [0, 0.05) is 13.1 Å². The van der Waals surface area contributed by atoms with Crippen molar-refractivity contribution in [1.82, 2.24) is 9.78 Å². The molecule has 13 heavy (non-hydrogen) atoms. The Balaban J connectivity index is 2.80. The van der Waals surface area contributed by atoms with Gasteiger partial charge in [-0.25, -0.2) is 0 Å². The number of hydrogen-bond acceptors (Lipinski definition) is 2. The van der Waals surface area contributed by atoms with Gasteiger partial charge < -0.3 is 5.73 Å². The topological polar surface area (TPSA) is 43.8 Å². The van der Waals surface area contributed by atoms with Gasteiger partial charge in [0.2, 0.25) is 0 Å². The lowest BCUT2D eigenvalue weighted by atomic mass is 10.1. The highest BCUT2D eigenvalue weighted by Crippen LogP contribution is 2.16. The van der Waals surface area contributed by atoms with Crippen LogP contribution in [0.4, 0.5) is 0 Å². The molecule has 0 saturated carbocycles. The third-order valence-corrected chi connectivity index (χ3v) is 2.31. The number of aromatic nitrogens is 2. The number of nitrogens with zero attached hydrogens (tertiary/aromatic N) is 2. The number of nitrogens with two attached hydrogens (primary N) is 1.